The summed E-state index contributed by atoms with van der Waals surface area (Å²) in [4.78, 5) is 2.47. The molecule has 1 N–H and O–H groups in total. The average Bonchev–Trinajstić information content (AvgIpc) is 3.17. The van der Waals surface area contributed by atoms with Crippen molar-refractivity contribution in [2.75, 3.05) is 23.3 Å². The minimum atomic E-state index is 0.824. The summed E-state index contributed by atoms with van der Waals surface area (Å²) in [6.45, 7) is 6.20. The molecule has 1 aliphatic heterocycles. The minimum Gasteiger partial charge on any atom is -0.379 e. The molecular formula is C16H22N4. The van der Waals surface area contributed by atoms with Crippen LogP contribution in [-0.2, 0) is 13.1 Å². The van der Waals surface area contributed by atoms with Crippen LogP contribution in [0.5, 0.6) is 0 Å². The van der Waals surface area contributed by atoms with E-state index in [-0.39, 0.29) is 0 Å². The second-order valence-corrected chi connectivity index (χ2v) is 5.27. The van der Waals surface area contributed by atoms with Crippen LogP contribution in [0.4, 0.5) is 11.4 Å². The quantitative estimate of drug-likeness (QED) is 0.906. The van der Waals surface area contributed by atoms with Crippen molar-refractivity contribution in [3.8, 4) is 0 Å². The van der Waals surface area contributed by atoms with Crippen molar-refractivity contribution >= 4 is 11.4 Å². The second kappa shape index (κ2) is 5.99. The molecule has 0 aliphatic carbocycles. The Morgan fingerprint density at radius 2 is 2.00 bits per heavy atom. The summed E-state index contributed by atoms with van der Waals surface area (Å²) in [5.41, 5.74) is 3.77. The van der Waals surface area contributed by atoms with Crippen LogP contribution >= 0.6 is 0 Å². The minimum absolute atomic E-state index is 0.824. The van der Waals surface area contributed by atoms with Crippen LogP contribution in [0.1, 0.15) is 25.3 Å². The maximum absolute atomic E-state index is 4.31. The third kappa shape index (κ3) is 2.79. The van der Waals surface area contributed by atoms with Gasteiger partial charge in [-0.05, 0) is 31.9 Å². The van der Waals surface area contributed by atoms with Crippen LogP contribution in [0.3, 0.4) is 0 Å². The average molecular weight is 270 g/mol. The number of aryl methyl sites for hydroxylation is 1. The van der Waals surface area contributed by atoms with Gasteiger partial charge in [-0.3, -0.25) is 4.68 Å². The fourth-order valence-electron chi connectivity index (χ4n) is 2.72. The lowest BCUT2D eigenvalue weighted by Crippen LogP contribution is -2.19. The summed E-state index contributed by atoms with van der Waals surface area (Å²) in [7, 11) is 0. The number of hydrogen-bond acceptors (Lipinski definition) is 3. The molecule has 0 radical (unpaired) electrons. The van der Waals surface area contributed by atoms with Crippen LogP contribution in [0.15, 0.2) is 36.7 Å². The topological polar surface area (TPSA) is 33.1 Å². The SMILES string of the molecule is CCn1cc(CNc2ccccc2N2CCCC2)cn1. The molecule has 106 valence electrons. The van der Waals surface area contributed by atoms with E-state index in [2.05, 4.69) is 52.7 Å². The van der Waals surface area contributed by atoms with Crippen molar-refractivity contribution in [1.82, 2.24) is 9.78 Å². The Morgan fingerprint density at radius 1 is 1.20 bits per heavy atom. The number of benzene rings is 1. The maximum atomic E-state index is 4.31. The van der Waals surface area contributed by atoms with Gasteiger partial charge in [-0.25, -0.2) is 0 Å². The largest absolute Gasteiger partial charge is 0.379 e. The summed E-state index contributed by atoms with van der Waals surface area (Å²) >= 11 is 0. The smallest absolute Gasteiger partial charge is 0.0602 e. The number of rotatable bonds is 5. The standard InChI is InChI=1S/C16H22N4/c1-2-20-13-14(12-18-20)11-17-15-7-3-4-8-16(15)19-9-5-6-10-19/h3-4,7-8,12-13,17H,2,5-6,9-11H2,1H3. The zero-order chi connectivity index (χ0) is 13.8. The Labute approximate surface area is 120 Å². The third-order valence-corrected chi connectivity index (χ3v) is 3.84. The summed E-state index contributed by atoms with van der Waals surface area (Å²) < 4.78 is 1.96. The first kappa shape index (κ1) is 13.0. The van der Waals surface area contributed by atoms with Gasteiger partial charge < -0.3 is 10.2 Å². The highest BCUT2D eigenvalue weighted by Crippen LogP contribution is 2.28. The lowest BCUT2D eigenvalue weighted by molar-refractivity contribution is 0.659. The molecule has 1 aromatic carbocycles. The van der Waals surface area contributed by atoms with Crippen molar-refractivity contribution in [3.05, 3.63) is 42.2 Å². The number of para-hydroxylation sites is 2. The van der Waals surface area contributed by atoms with Gasteiger partial charge in [0.15, 0.2) is 0 Å². The number of hydrogen-bond donors (Lipinski definition) is 1. The highest BCUT2D eigenvalue weighted by Gasteiger charge is 2.15. The monoisotopic (exact) mass is 270 g/mol. The molecule has 1 aromatic heterocycles. The number of anilines is 2. The molecule has 0 amide bonds. The van der Waals surface area contributed by atoms with E-state index in [0.717, 1.165) is 13.1 Å². The molecule has 1 fully saturated rings. The van der Waals surface area contributed by atoms with E-state index in [4.69, 9.17) is 0 Å². The molecule has 0 spiro atoms. The van der Waals surface area contributed by atoms with Gasteiger partial charge in [0.1, 0.15) is 0 Å². The van der Waals surface area contributed by atoms with Gasteiger partial charge in [0.05, 0.1) is 17.6 Å². The zero-order valence-electron chi connectivity index (χ0n) is 12.0. The summed E-state index contributed by atoms with van der Waals surface area (Å²) in [6, 6.07) is 8.59. The van der Waals surface area contributed by atoms with E-state index in [1.807, 2.05) is 10.9 Å². The van der Waals surface area contributed by atoms with Gasteiger partial charge in [-0.2, -0.15) is 5.10 Å². The predicted molar refractivity (Wildman–Crippen MR) is 83.1 cm³/mol. The van der Waals surface area contributed by atoms with Crippen molar-refractivity contribution < 1.29 is 0 Å². The lowest BCUT2D eigenvalue weighted by Gasteiger charge is -2.21. The van der Waals surface area contributed by atoms with Gasteiger partial charge in [-0.1, -0.05) is 12.1 Å². The molecule has 2 aromatic rings. The fraction of sp³-hybridized carbons (Fsp3) is 0.438. The molecule has 1 aliphatic rings. The maximum Gasteiger partial charge on any atom is 0.0602 e. The van der Waals surface area contributed by atoms with Crippen LogP contribution in [0.2, 0.25) is 0 Å². The zero-order valence-corrected chi connectivity index (χ0v) is 12.0. The van der Waals surface area contributed by atoms with Crippen LogP contribution in [-0.4, -0.2) is 22.9 Å². The summed E-state index contributed by atoms with van der Waals surface area (Å²) in [5.74, 6) is 0. The van der Waals surface area contributed by atoms with E-state index in [9.17, 15) is 0 Å². The molecule has 0 unspecified atom stereocenters. The Bertz CT molecular complexity index is 555. The van der Waals surface area contributed by atoms with Gasteiger partial charge in [-0.15, -0.1) is 0 Å². The van der Waals surface area contributed by atoms with Crippen LogP contribution in [0, 0.1) is 0 Å². The highest BCUT2D eigenvalue weighted by molar-refractivity contribution is 5.70. The molecule has 0 saturated carbocycles. The number of aromatic nitrogens is 2. The van der Waals surface area contributed by atoms with Crippen LogP contribution < -0.4 is 10.2 Å². The molecule has 1 saturated heterocycles. The molecular weight excluding hydrogens is 248 g/mol. The van der Waals surface area contributed by atoms with Gasteiger partial charge in [0, 0.05) is 37.9 Å². The Kier molecular flexibility index (Phi) is 3.90. The Balaban J connectivity index is 1.70. The molecule has 0 bridgehead atoms. The Hall–Kier alpha value is -1.97. The third-order valence-electron chi connectivity index (χ3n) is 3.84. The normalized spacial score (nSPS) is 14.8. The Morgan fingerprint density at radius 3 is 2.75 bits per heavy atom. The van der Waals surface area contributed by atoms with Gasteiger partial charge in [0.25, 0.3) is 0 Å². The molecule has 4 heteroatoms. The van der Waals surface area contributed by atoms with Crippen molar-refractivity contribution in [1.29, 1.82) is 0 Å². The predicted octanol–water partition coefficient (Wildman–Crippen LogP) is 3.12. The molecule has 0 atom stereocenters. The van der Waals surface area contributed by atoms with E-state index in [0.29, 0.717) is 0 Å². The highest BCUT2D eigenvalue weighted by atomic mass is 15.3. The van der Waals surface area contributed by atoms with Crippen molar-refractivity contribution in [2.45, 2.75) is 32.9 Å². The first-order valence-electron chi connectivity index (χ1n) is 7.46. The molecule has 4 nitrogen and oxygen atoms in total. The lowest BCUT2D eigenvalue weighted by atomic mass is 10.2. The van der Waals surface area contributed by atoms with Crippen molar-refractivity contribution in [3.63, 3.8) is 0 Å². The fourth-order valence-corrected chi connectivity index (χ4v) is 2.72. The van der Waals surface area contributed by atoms with E-state index >= 15 is 0 Å². The first-order valence-corrected chi connectivity index (χ1v) is 7.46. The van der Waals surface area contributed by atoms with Crippen molar-refractivity contribution in [2.24, 2.45) is 0 Å². The number of nitrogens with one attached hydrogen (secondary N) is 1. The van der Waals surface area contributed by atoms with Gasteiger partial charge >= 0.3 is 0 Å². The summed E-state index contributed by atoms with van der Waals surface area (Å²) in [6.07, 6.45) is 6.65. The van der Waals surface area contributed by atoms with Gasteiger partial charge in [0.2, 0.25) is 0 Å². The van der Waals surface area contributed by atoms with E-state index < -0.39 is 0 Å². The first-order chi connectivity index (χ1) is 9.86. The van der Waals surface area contributed by atoms with Crippen LogP contribution in [0.25, 0.3) is 0 Å². The van der Waals surface area contributed by atoms with E-state index in [1.54, 1.807) is 0 Å². The molecule has 2 heterocycles. The second-order valence-electron chi connectivity index (χ2n) is 5.27. The molecule has 20 heavy (non-hydrogen) atoms. The number of nitrogens with zero attached hydrogens (tertiary/aromatic N) is 3. The van der Waals surface area contributed by atoms with E-state index in [1.165, 1.54) is 42.9 Å². The summed E-state index contributed by atoms with van der Waals surface area (Å²) in [5, 5.41) is 7.86. The molecule has 3 rings (SSSR count).